The number of nitrogens with one attached hydrogen (secondary N) is 1. The SMILES string of the molecule is CCS(=O)(=O)CCCC(CNC1CC1)c1ccccc1F. The van der Waals surface area contributed by atoms with E-state index in [1.54, 1.807) is 13.0 Å². The van der Waals surface area contributed by atoms with Crippen molar-refractivity contribution >= 4 is 9.84 Å². The van der Waals surface area contributed by atoms with Crippen LogP contribution in [-0.4, -0.2) is 32.5 Å². The normalized spacial score (nSPS) is 16.9. The summed E-state index contributed by atoms with van der Waals surface area (Å²) in [6.07, 6.45) is 3.66. The molecule has 0 saturated heterocycles. The van der Waals surface area contributed by atoms with Crippen LogP contribution in [-0.2, 0) is 9.84 Å². The molecule has 1 atom stereocenters. The zero-order valence-electron chi connectivity index (χ0n) is 12.5. The van der Waals surface area contributed by atoms with Crippen molar-refractivity contribution in [3.8, 4) is 0 Å². The molecule has 0 amide bonds. The maximum absolute atomic E-state index is 14.0. The van der Waals surface area contributed by atoms with Gasteiger partial charge in [0.1, 0.15) is 15.7 Å². The topological polar surface area (TPSA) is 46.2 Å². The predicted molar refractivity (Wildman–Crippen MR) is 83.7 cm³/mol. The van der Waals surface area contributed by atoms with E-state index in [2.05, 4.69) is 5.32 Å². The maximum Gasteiger partial charge on any atom is 0.150 e. The summed E-state index contributed by atoms with van der Waals surface area (Å²) in [6, 6.07) is 7.38. The van der Waals surface area contributed by atoms with Crippen LogP contribution < -0.4 is 5.32 Å². The molecule has 0 radical (unpaired) electrons. The minimum Gasteiger partial charge on any atom is -0.313 e. The molecule has 2 rings (SSSR count). The zero-order chi connectivity index (χ0) is 15.3. The van der Waals surface area contributed by atoms with E-state index in [1.165, 1.54) is 18.9 Å². The average molecular weight is 313 g/mol. The van der Waals surface area contributed by atoms with Crippen LogP contribution in [0, 0.1) is 5.82 Å². The third-order valence-corrected chi connectivity index (χ3v) is 5.81. The van der Waals surface area contributed by atoms with Crippen molar-refractivity contribution in [2.75, 3.05) is 18.1 Å². The third-order valence-electron chi connectivity index (χ3n) is 4.02. The summed E-state index contributed by atoms with van der Waals surface area (Å²) in [5.41, 5.74) is 0.694. The summed E-state index contributed by atoms with van der Waals surface area (Å²) in [7, 11) is -2.94. The van der Waals surface area contributed by atoms with Crippen LogP contribution in [0.25, 0.3) is 0 Å². The van der Waals surface area contributed by atoms with Crippen molar-refractivity contribution in [3.05, 3.63) is 35.6 Å². The molecule has 1 aromatic rings. The fourth-order valence-electron chi connectivity index (χ4n) is 2.46. The van der Waals surface area contributed by atoms with Crippen LogP contribution in [0.2, 0.25) is 0 Å². The van der Waals surface area contributed by atoms with Gasteiger partial charge >= 0.3 is 0 Å². The van der Waals surface area contributed by atoms with E-state index < -0.39 is 9.84 Å². The molecule has 1 saturated carbocycles. The van der Waals surface area contributed by atoms with Crippen molar-refractivity contribution in [2.24, 2.45) is 0 Å². The summed E-state index contributed by atoms with van der Waals surface area (Å²) < 4.78 is 37.1. The molecule has 0 aromatic heterocycles. The Morgan fingerprint density at radius 1 is 1.33 bits per heavy atom. The zero-order valence-corrected chi connectivity index (χ0v) is 13.3. The van der Waals surface area contributed by atoms with Crippen LogP contribution >= 0.6 is 0 Å². The molecule has 0 spiro atoms. The van der Waals surface area contributed by atoms with Gasteiger partial charge in [-0.1, -0.05) is 25.1 Å². The van der Waals surface area contributed by atoms with Crippen molar-refractivity contribution in [1.82, 2.24) is 5.32 Å². The maximum atomic E-state index is 14.0. The number of sulfone groups is 1. The second kappa shape index (κ2) is 7.36. The highest BCUT2D eigenvalue weighted by molar-refractivity contribution is 7.91. The Labute approximate surface area is 126 Å². The number of benzene rings is 1. The summed E-state index contributed by atoms with van der Waals surface area (Å²) in [5, 5.41) is 3.43. The Bertz CT molecular complexity index is 555. The van der Waals surface area contributed by atoms with E-state index in [-0.39, 0.29) is 23.2 Å². The van der Waals surface area contributed by atoms with E-state index >= 15 is 0 Å². The summed E-state index contributed by atoms with van der Waals surface area (Å²) >= 11 is 0. The van der Waals surface area contributed by atoms with Gasteiger partial charge in [-0.05, 0) is 43.2 Å². The lowest BCUT2D eigenvalue weighted by Gasteiger charge is -2.18. The molecule has 0 heterocycles. The van der Waals surface area contributed by atoms with E-state index in [0.29, 0.717) is 24.4 Å². The molecule has 21 heavy (non-hydrogen) atoms. The van der Waals surface area contributed by atoms with Gasteiger partial charge in [-0.3, -0.25) is 0 Å². The molecule has 0 aliphatic heterocycles. The number of halogens is 1. The van der Waals surface area contributed by atoms with Gasteiger partial charge in [0.2, 0.25) is 0 Å². The van der Waals surface area contributed by atoms with Crippen molar-refractivity contribution in [3.63, 3.8) is 0 Å². The molecule has 5 heteroatoms. The molecule has 1 aromatic carbocycles. The quantitative estimate of drug-likeness (QED) is 0.762. The van der Waals surface area contributed by atoms with Crippen LogP contribution in [0.4, 0.5) is 4.39 Å². The fraction of sp³-hybridized carbons (Fsp3) is 0.625. The minimum atomic E-state index is -2.94. The van der Waals surface area contributed by atoms with Gasteiger partial charge in [0.25, 0.3) is 0 Å². The standard InChI is InChI=1S/C16H24FNO2S/c1-2-21(19,20)11-5-6-13(12-18-14-9-10-14)15-7-3-4-8-16(15)17/h3-4,7-8,13-14,18H,2,5-6,9-12H2,1H3. The van der Waals surface area contributed by atoms with E-state index in [1.807, 2.05) is 12.1 Å². The smallest absolute Gasteiger partial charge is 0.150 e. The minimum absolute atomic E-state index is 0.0406. The Kier molecular flexibility index (Phi) is 5.76. The fourth-order valence-corrected chi connectivity index (χ4v) is 3.36. The number of rotatable bonds is 9. The van der Waals surface area contributed by atoms with Gasteiger partial charge in [0, 0.05) is 18.3 Å². The van der Waals surface area contributed by atoms with Crippen LogP contribution in [0.1, 0.15) is 44.1 Å². The van der Waals surface area contributed by atoms with Gasteiger partial charge in [-0.15, -0.1) is 0 Å². The summed E-state index contributed by atoms with van der Waals surface area (Å²) in [5.74, 6) is 0.215. The molecule has 1 aliphatic rings. The number of hydrogen-bond acceptors (Lipinski definition) is 3. The predicted octanol–water partition coefficient (Wildman–Crippen LogP) is 2.88. The lowest BCUT2D eigenvalue weighted by molar-refractivity contribution is 0.509. The van der Waals surface area contributed by atoms with Crippen LogP contribution in [0.3, 0.4) is 0 Å². The van der Waals surface area contributed by atoms with Crippen molar-refractivity contribution in [1.29, 1.82) is 0 Å². The largest absolute Gasteiger partial charge is 0.313 e. The second-order valence-electron chi connectivity index (χ2n) is 5.78. The molecule has 1 aliphatic carbocycles. The first kappa shape index (κ1) is 16.4. The molecule has 1 fully saturated rings. The first-order chi connectivity index (χ1) is 10.0. The first-order valence-electron chi connectivity index (χ1n) is 7.70. The second-order valence-corrected chi connectivity index (χ2v) is 8.25. The molecule has 118 valence electrons. The van der Waals surface area contributed by atoms with Gasteiger partial charge < -0.3 is 5.32 Å². The molecule has 3 nitrogen and oxygen atoms in total. The summed E-state index contributed by atoms with van der Waals surface area (Å²) in [4.78, 5) is 0. The Morgan fingerprint density at radius 3 is 2.67 bits per heavy atom. The first-order valence-corrected chi connectivity index (χ1v) is 9.52. The van der Waals surface area contributed by atoms with Gasteiger partial charge in [-0.2, -0.15) is 0 Å². The van der Waals surface area contributed by atoms with E-state index in [0.717, 1.165) is 6.54 Å². The van der Waals surface area contributed by atoms with E-state index in [4.69, 9.17) is 0 Å². The van der Waals surface area contributed by atoms with Gasteiger partial charge in [0.15, 0.2) is 0 Å². The van der Waals surface area contributed by atoms with Crippen molar-refractivity contribution in [2.45, 2.75) is 44.6 Å². The van der Waals surface area contributed by atoms with Crippen LogP contribution in [0.5, 0.6) is 0 Å². The Hall–Kier alpha value is -0.940. The highest BCUT2D eigenvalue weighted by Crippen LogP contribution is 2.26. The molecule has 0 bridgehead atoms. The van der Waals surface area contributed by atoms with Crippen molar-refractivity contribution < 1.29 is 12.8 Å². The highest BCUT2D eigenvalue weighted by atomic mass is 32.2. The lowest BCUT2D eigenvalue weighted by atomic mass is 9.94. The molecule has 1 N–H and O–H groups in total. The summed E-state index contributed by atoms with van der Waals surface area (Å²) in [6.45, 7) is 2.39. The molecular weight excluding hydrogens is 289 g/mol. The monoisotopic (exact) mass is 313 g/mol. The third kappa shape index (κ3) is 5.40. The Balaban J connectivity index is 1.96. The average Bonchev–Trinajstić information content (AvgIpc) is 3.27. The van der Waals surface area contributed by atoms with Crippen LogP contribution in [0.15, 0.2) is 24.3 Å². The van der Waals surface area contributed by atoms with Gasteiger partial charge in [0.05, 0.1) is 5.75 Å². The Morgan fingerprint density at radius 2 is 2.05 bits per heavy atom. The highest BCUT2D eigenvalue weighted by Gasteiger charge is 2.23. The lowest BCUT2D eigenvalue weighted by Crippen LogP contribution is -2.24. The van der Waals surface area contributed by atoms with E-state index in [9.17, 15) is 12.8 Å². The number of hydrogen-bond donors (Lipinski definition) is 1. The van der Waals surface area contributed by atoms with Gasteiger partial charge in [-0.25, -0.2) is 12.8 Å². The molecule has 1 unspecified atom stereocenters. The molecular formula is C16H24FNO2S.